The predicted molar refractivity (Wildman–Crippen MR) is 67.2 cm³/mol. The zero-order chi connectivity index (χ0) is 16.4. The molecule has 3 nitrogen and oxygen atoms in total. The number of ether oxygens (including phenoxy) is 1. The summed E-state index contributed by atoms with van der Waals surface area (Å²) in [5.41, 5.74) is 2.76. The van der Waals surface area contributed by atoms with Crippen LogP contribution in [0.25, 0.3) is 0 Å². The molecule has 1 aromatic rings. The van der Waals surface area contributed by atoms with E-state index in [1.807, 2.05) is 0 Å². The molecule has 1 rings (SSSR count). The van der Waals surface area contributed by atoms with Crippen molar-refractivity contribution < 1.29 is 35.9 Å². The smallest absolute Gasteiger partial charge is 0.416 e. The first kappa shape index (κ1) is 20.5. The van der Waals surface area contributed by atoms with Crippen LogP contribution in [0.1, 0.15) is 24.1 Å². The number of nitrogens with two attached hydrogens (primary N) is 1. The number of carbonyl (C=O) groups is 1. The van der Waals surface area contributed by atoms with Gasteiger partial charge in [-0.25, -0.2) is 9.18 Å². The van der Waals surface area contributed by atoms with Crippen LogP contribution in [-0.2, 0) is 15.7 Å². The first-order valence-electron chi connectivity index (χ1n) is 5.68. The van der Waals surface area contributed by atoms with E-state index >= 15 is 0 Å². The Balaban J connectivity index is 0.00000441. The topological polar surface area (TPSA) is 52.3 Å². The Morgan fingerprint density at radius 2 is 1.77 bits per heavy atom. The van der Waals surface area contributed by atoms with Crippen LogP contribution in [-0.4, -0.2) is 18.5 Å². The third-order valence-electron chi connectivity index (χ3n) is 2.54. The monoisotopic (exact) mass is 351 g/mol. The second kappa shape index (κ2) is 7.19. The minimum absolute atomic E-state index is 0. The summed E-state index contributed by atoms with van der Waals surface area (Å²) >= 11 is 0. The van der Waals surface area contributed by atoms with Crippen molar-refractivity contribution in [2.24, 2.45) is 5.73 Å². The molecule has 0 saturated heterocycles. The van der Waals surface area contributed by atoms with E-state index in [-0.39, 0.29) is 31.1 Å². The van der Waals surface area contributed by atoms with Gasteiger partial charge < -0.3 is 10.5 Å². The fourth-order valence-electron chi connectivity index (χ4n) is 1.52. The summed E-state index contributed by atoms with van der Waals surface area (Å²) in [4.78, 5) is 11.1. The Labute approximate surface area is 127 Å². The summed E-state index contributed by atoms with van der Waals surface area (Å²) in [5, 5.41) is 0. The van der Waals surface area contributed by atoms with Crippen molar-refractivity contribution in [1.29, 1.82) is 0 Å². The van der Waals surface area contributed by atoms with Crippen LogP contribution in [0.4, 0.5) is 26.3 Å². The van der Waals surface area contributed by atoms with E-state index in [4.69, 9.17) is 5.73 Å². The third kappa shape index (κ3) is 4.51. The van der Waals surface area contributed by atoms with Crippen molar-refractivity contribution in [2.45, 2.75) is 25.1 Å². The van der Waals surface area contributed by atoms with E-state index in [0.717, 1.165) is 0 Å². The number of alkyl halides is 5. The first-order chi connectivity index (χ1) is 9.50. The van der Waals surface area contributed by atoms with Gasteiger partial charge in [0.15, 0.2) is 0 Å². The molecule has 0 heterocycles. The van der Waals surface area contributed by atoms with E-state index in [1.165, 1.54) is 6.92 Å². The highest BCUT2D eigenvalue weighted by atomic mass is 35.5. The fourth-order valence-corrected chi connectivity index (χ4v) is 1.52. The number of carbonyl (C=O) groups excluding carboxylic acids is 1. The van der Waals surface area contributed by atoms with Crippen molar-refractivity contribution in [3.63, 3.8) is 0 Å². The molecule has 22 heavy (non-hydrogen) atoms. The summed E-state index contributed by atoms with van der Waals surface area (Å²) in [6, 6.07) is -1.65. The lowest BCUT2D eigenvalue weighted by Gasteiger charge is -2.22. The third-order valence-corrected chi connectivity index (χ3v) is 2.54. The molecule has 0 amide bonds. The van der Waals surface area contributed by atoms with E-state index in [0.29, 0.717) is 6.07 Å². The quantitative estimate of drug-likeness (QED) is 0.667. The van der Waals surface area contributed by atoms with Gasteiger partial charge in [0.1, 0.15) is 11.9 Å². The van der Waals surface area contributed by atoms with E-state index in [1.54, 1.807) is 0 Å². The van der Waals surface area contributed by atoms with Crippen LogP contribution < -0.4 is 5.73 Å². The summed E-state index contributed by atoms with van der Waals surface area (Å²) in [6.07, 6.45) is -4.93. The van der Waals surface area contributed by atoms with E-state index in [9.17, 15) is 31.1 Å². The van der Waals surface area contributed by atoms with Gasteiger partial charge in [-0.3, -0.25) is 0 Å². The highest BCUT2D eigenvalue weighted by Gasteiger charge is 2.48. The van der Waals surface area contributed by atoms with Crippen LogP contribution in [0.5, 0.6) is 0 Å². The Hall–Kier alpha value is -1.48. The number of halogens is 7. The molecule has 1 aromatic carbocycles. The lowest BCUT2D eigenvalue weighted by molar-refractivity contribution is -0.174. The SMILES string of the molecule is CCOC(=O)C(F)(F)[C@@H](N)c1cc(F)cc(C(F)(F)F)c1.Cl. The van der Waals surface area contributed by atoms with Crippen LogP contribution in [0, 0.1) is 5.82 Å². The van der Waals surface area contributed by atoms with Crippen LogP contribution in [0.2, 0.25) is 0 Å². The molecule has 0 radical (unpaired) electrons. The highest BCUT2D eigenvalue weighted by Crippen LogP contribution is 2.35. The minimum atomic E-state index is -4.93. The van der Waals surface area contributed by atoms with Crippen molar-refractivity contribution in [1.82, 2.24) is 0 Å². The minimum Gasteiger partial charge on any atom is -0.462 e. The standard InChI is InChI=1S/C12H11F6NO2.ClH/c1-2-21-10(20)11(14,15)9(19)6-3-7(12(16,17)18)5-8(13)4-6;/h3-5,9H,2,19H2,1H3;1H/t9-;/m0./s1. The van der Waals surface area contributed by atoms with Gasteiger partial charge in [-0.05, 0) is 30.7 Å². The van der Waals surface area contributed by atoms with Crippen molar-refractivity contribution in [3.8, 4) is 0 Å². The largest absolute Gasteiger partial charge is 0.462 e. The van der Waals surface area contributed by atoms with Gasteiger partial charge in [-0.15, -0.1) is 12.4 Å². The Bertz CT molecular complexity index is 535. The molecule has 126 valence electrons. The number of esters is 1. The molecule has 2 N–H and O–H groups in total. The molecule has 0 aliphatic carbocycles. The lowest BCUT2D eigenvalue weighted by atomic mass is 9.99. The average molecular weight is 352 g/mol. The van der Waals surface area contributed by atoms with Gasteiger partial charge in [0.05, 0.1) is 12.2 Å². The van der Waals surface area contributed by atoms with Gasteiger partial charge >= 0.3 is 18.1 Å². The van der Waals surface area contributed by atoms with Crippen molar-refractivity contribution in [3.05, 3.63) is 35.1 Å². The predicted octanol–water partition coefficient (Wildman–Crippen LogP) is 3.46. The Morgan fingerprint density at radius 1 is 1.23 bits per heavy atom. The summed E-state index contributed by atoms with van der Waals surface area (Å²) < 4.78 is 82.0. The molecule has 0 aliphatic heterocycles. The van der Waals surface area contributed by atoms with Gasteiger partial charge in [-0.2, -0.15) is 22.0 Å². The maximum Gasteiger partial charge on any atom is 0.416 e. The summed E-state index contributed by atoms with van der Waals surface area (Å²) in [6.45, 7) is 0.904. The maximum absolute atomic E-state index is 13.6. The molecule has 0 aromatic heterocycles. The van der Waals surface area contributed by atoms with Crippen LogP contribution in [0.15, 0.2) is 18.2 Å². The molecule has 1 atom stereocenters. The fraction of sp³-hybridized carbons (Fsp3) is 0.417. The molecular weight excluding hydrogens is 340 g/mol. The van der Waals surface area contributed by atoms with E-state index in [2.05, 4.69) is 4.74 Å². The van der Waals surface area contributed by atoms with Crippen LogP contribution in [0.3, 0.4) is 0 Å². The second-order valence-corrected chi connectivity index (χ2v) is 4.09. The van der Waals surface area contributed by atoms with Gasteiger partial charge in [0, 0.05) is 0 Å². The Morgan fingerprint density at radius 3 is 2.23 bits per heavy atom. The Kier molecular flexibility index (Phi) is 6.70. The van der Waals surface area contributed by atoms with Crippen molar-refractivity contribution >= 4 is 18.4 Å². The average Bonchev–Trinajstić information content (AvgIpc) is 2.36. The van der Waals surface area contributed by atoms with Gasteiger partial charge in [0.2, 0.25) is 0 Å². The molecule has 10 heteroatoms. The van der Waals surface area contributed by atoms with Crippen molar-refractivity contribution in [2.75, 3.05) is 6.61 Å². The second-order valence-electron chi connectivity index (χ2n) is 4.09. The maximum atomic E-state index is 13.6. The molecule has 0 saturated carbocycles. The summed E-state index contributed by atoms with van der Waals surface area (Å²) in [5.74, 6) is -7.67. The zero-order valence-electron chi connectivity index (χ0n) is 11.1. The molecule has 0 fully saturated rings. The number of hydrogen-bond acceptors (Lipinski definition) is 3. The van der Waals surface area contributed by atoms with Gasteiger partial charge in [-0.1, -0.05) is 0 Å². The molecule has 0 aliphatic rings. The zero-order valence-corrected chi connectivity index (χ0v) is 11.9. The summed E-state index contributed by atoms with van der Waals surface area (Å²) in [7, 11) is 0. The number of benzene rings is 1. The van der Waals surface area contributed by atoms with Crippen LogP contribution >= 0.6 is 12.4 Å². The highest BCUT2D eigenvalue weighted by molar-refractivity contribution is 5.85. The normalized spacial score (nSPS) is 13.3. The molecular formula is C12H12ClF6NO2. The molecule has 0 unspecified atom stereocenters. The number of rotatable bonds is 4. The number of hydrogen-bond donors (Lipinski definition) is 1. The molecule has 0 bridgehead atoms. The first-order valence-corrected chi connectivity index (χ1v) is 5.68. The van der Waals surface area contributed by atoms with Gasteiger partial charge in [0.25, 0.3) is 0 Å². The lowest BCUT2D eigenvalue weighted by Crippen LogP contribution is -2.41. The molecule has 0 spiro atoms. The van der Waals surface area contributed by atoms with E-state index < -0.39 is 41.1 Å².